The fourth-order valence-corrected chi connectivity index (χ4v) is 3.92. The van der Waals surface area contributed by atoms with Gasteiger partial charge in [-0.05, 0) is 75.9 Å². The van der Waals surface area contributed by atoms with Gasteiger partial charge in [-0.15, -0.1) is 0 Å². The maximum absolute atomic E-state index is 13.2. The Balaban J connectivity index is 1.85. The van der Waals surface area contributed by atoms with Crippen LogP contribution in [-0.4, -0.2) is 27.0 Å². The fraction of sp³-hybridized carbons (Fsp3) is 0.400. The maximum atomic E-state index is 13.2. The lowest BCUT2D eigenvalue weighted by Gasteiger charge is -2.40. The number of nitrogens with zero attached hydrogens (tertiary/aromatic N) is 3. The first-order valence-corrected chi connectivity index (χ1v) is 8.94. The molecule has 1 aromatic carbocycles. The molecule has 130 valence electrons. The van der Waals surface area contributed by atoms with E-state index in [2.05, 4.69) is 28.7 Å². The summed E-state index contributed by atoms with van der Waals surface area (Å²) >= 11 is 0. The van der Waals surface area contributed by atoms with Crippen molar-refractivity contribution in [1.29, 1.82) is 0 Å². The quantitative estimate of drug-likeness (QED) is 0.727. The lowest BCUT2D eigenvalue weighted by molar-refractivity contribution is 0.412. The van der Waals surface area contributed by atoms with E-state index >= 15 is 0 Å². The number of fused-ring (bicyclic) bond motifs is 1. The first kappa shape index (κ1) is 16.1. The van der Waals surface area contributed by atoms with Crippen molar-refractivity contribution in [2.24, 2.45) is 0 Å². The molecule has 3 heterocycles. The summed E-state index contributed by atoms with van der Waals surface area (Å²) in [7, 11) is 0. The van der Waals surface area contributed by atoms with Crippen molar-refractivity contribution in [2.45, 2.75) is 52.1 Å². The van der Waals surface area contributed by atoms with E-state index in [0.717, 1.165) is 33.9 Å². The Hall–Kier alpha value is -2.43. The molecule has 0 saturated carbocycles. The number of aromatic amines is 1. The first-order chi connectivity index (χ1) is 12.0. The Kier molecular flexibility index (Phi) is 3.94. The molecule has 1 aliphatic heterocycles. The molecular formula is C20H23FN4. The van der Waals surface area contributed by atoms with Crippen LogP contribution in [0.1, 0.15) is 38.9 Å². The van der Waals surface area contributed by atoms with Gasteiger partial charge in [0.1, 0.15) is 17.2 Å². The SMILES string of the molecule is Cc1nc(N2[C@H](C)CCC[C@@H]2C)c2[nH]c(-c3ccc(F)cc3)cc2n1. The van der Waals surface area contributed by atoms with Crippen molar-refractivity contribution in [2.75, 3.05) is 4.90 Å². The average Bonchev–Trinajstić information content (AvgIpc) is 2.99. The Morgan fingerprint density at radius 3 is 2.44 bits per heavy atom. The minimum atomic E-state index is -0.229. The third kappa shape index (κ3) is 2.88. The zero-order chi connectivity index (χ0) is 17.6. The Labute approximate surface area is 147 Å². The maximum Gasteiger partial charge on any atom is 0.157 e. The molecule has 0 amide bonds. The summed E-state index contributed by atoms with van der Waals surface area (Å²) in [4.78, 5) is 15.3. The summed E-state index contributed by atoms with van der Waals surface area (Å²) in [5.41, 5.74) is 3.76. The molecule has 2 atom stereocenters. The van der Waals surface area contributed by atoms with Crippen molar-refractivity contribution in [3.05, 3.63) is 42.0 Å². The number of benzene rings is 1. The number of H-pyrrole nitrogens is 1. The van der Waals surface area contributed by atoms with E-state index in [1.165, 1.54) is 31.4 Å². The largest absolute Gasteiger partial charge is 0.350 e. The van der Waals surface area contributed by atoms with Crippen LogP contribution in [-0.2, 0) is 0 Å². The molecule has 0 radical (unpaired) electrons. The van der Waals surface area contributed by atoms with Gasteiger partial charge in [0.25, 0.3) is 0 Å². The monoisotopic (exact) mass is 338 g/mol. The molecule has 0 bridgehead atoms. The van der Waals surface area contributed by atoms with Gasteiger partial charge >= 0.3 is 0 Å². The summed E-state index contributed by atoms with van der Waals surface area (Å²) in [5, 5.41) is 0. The highest BCUT2D eigenvalue weighted by atomic mass is 19.1. The molecule has 4 rings (SSSR count). The Morgan fingerprint density at radius 1 is 1.08 bits per heavy atom. The van der Waals surface area contributed by atoms with Gasteiger partial charge in [-0.1, -0.05) is 0 Å². The number of aryl methyl sites for hydroxylation is 1. The molecular weight excluding hydrogens is 315 g/mol. The van der Waals surface area contributed by atoms with E-state index in [-0.39, 0.29) is 5.82 Å². The van der Waals surface area contributed by atoms with Crippen LogP contribution in [0.4, 0.5) is 10.2 Å². The lowest BCUT2D eigenvalue weighted by atomic mass is 9.97. The van der Waals surface area contributed by atoms with Gasteiger partial charge in [-0.25, -0.2) is 14.4 Å². The topological polar surface area (TPSA) is 44.8 Å². The normalized spacial score (nSPS) is 21.0. The third-order valence-corrected chi connectivity index (χ3v) is 5.16. The molecule has 1 saturated heterocycles. The van der Waals surface area contributed by atoms with Gasteiger partial charge in [0.05, 0.1) is 5.52 Å². The molecule has 3 aromatic rings. The summed E-state index contributed by atoms with van der Waals surface area (Å²) in [6, 6.07) is 9.47. The smallest absolute Gasteiger partial charge is 0.157 e. The second-order valence-electron chi connectivity index (χ2n) is 7.08. The average molecular weight is 338 g/mol. The first-order valence-electron chi connectivity index (χ1n) is 8.94. The molecule has 0 spiro atoms. The zero-order valence-corrected chi connectivity index (χ0v) is 14.9. The number of hydrogen-bond donors (Lipinski definition) is 1. The van der Waals surface area contributed by atoms with Crippen molar-refractivity contribution in [3.8, 4) is 11.3 Å². The van der Waals surface area contributed by atoms with Crippen molar-refractivity contribution in [1.82, 2.24) is 15.0 Å². The van der Waals surface area contributed by atoms with E-state index < -0.39 is 0 Å². The lowest BCUT2D eigenvalue weighted by Crippen LogP contribution is -2.44. The number of hydrogen-bond acceptors (Lipinski definition) is 3. The van der Waals surface area contributed by atoms with Crippen LogP contribution in [0.15, 0.2) is 30.3 Å². The van der Waals surface area contributed by atoms with Crippen molar-refractivity contribution >= 4 is 16.9 Å². The van der Waals surface area contributed by atoms with Gasteiger partial charge in [-0.3, -0.25) is 0 Å². The molecule has 2 aromatic heterocycles. The Bertz CT molecular complexity index is 890. The highest BCUT2D eigenvalue weighted by Gasteiger charge is 2.28. The van der Waals surface area contributed by atoms with E-state index in [1.54, 1.807) is 12.1 Å². The summed E-state index contributed by atoms with van der Waals surface area (Å²) in [6.07, 6.45) is 3.62. The summed E-state index contributed by atoms with van der Waals surface area (Å²) < 4.78 is 13.2. The van der Waals surface area contributed by atoms with Crippen LogP contribution in [0.2, 0.25) is 0 Å². The van der Waals surface area contributed by atoms with E-state index in [9.17, 15) is 4.39 Å². The molecule has 4 nitrogen and oxygen atoms in total. The molecule has 5 heteroatoms. The van der Waals surface area contributed by atoms with Gasteiger partial charge in [0.15, 0.2) is 5.82 Å². The molecule has 1 N–H and O–H groups in total. The van der Waals surface area contributed by atoms with Crippen molar-refractivity contribution in [3.63, 3.8) is 0 Å². The highest BCUT2D eigenvalue weighted by molar-refractivity contribution is 5.91. The van der Waals surface area contributed by atoms with E-state index in [1.807, 2.05) is 13.0 Å². The van der Waals surface area contributed by atoms with Gasteiger partial charge < -0.3 is 9.88 Å². The fourth-order valence-electron chi connectivity index (χ4n) is 3.92. The van der Waals surface area contributed by atoms with Crippen LogP contribution >= 0.6 is 0 Å². The summed E-state index contributed by atoms with van der Waals surface area (Å²) in [5.74, 6) is 1.53. The number of aromatic nitrogens is 3. The molecule has 0 aliphatic carbocycles. The zero-order valence-electron chi connectivity index (χ0n) is 14.9. The summed E-state index contributed by atoms with van der Waals surface area (Å²) in [6.45, 7) is 6.47. The molecule has 25 heavy (non-hydrogen) atoms. The Morgan fingerprint density at radius 2 is 1.76 bits per heavy atom. The second kappa shape index (κ2) is 6.14. The van der Waals surface area contributed by atoms with Gasteiger partial charge in [-0.2, -0.15) is 0 Å². The number of halogens is 1. The van der Waals surface area contributed by atoms with E-state index in [4.69, 9.17) is 4.98 Å². The van der Waals surface area contributed by atoms with Crippen LogP contribution < -0.4 is 4.90 Å². The van der Waals surface area contributed by atoms with Crippen LogP contribution in [0.25, 0.3) is 22.3 Å². The van der Waals surface area contributed by atoms with Gasteiger partial charge in [0, 0.05) is 17.8 Å². The number of nitrogens with one attached hydrogen (secondary N) is 1. The second-order valence-corrected chi connectivity index (χ2v) is 7.08. The predicted octanol–water partition coefficient (Wildman–Crippen LogP) is 4.84. The highest BCUT2D eigenvalue weighted by Crippen LogP contribution is 2.34. The number of piperidine rings is 1. The minimum absolute atomic E-state index is 0.229. The van der Waals surface area contributed by atoms with Gasteiger partial charge in [0.2, 0.25) is 0 Å². The van der Waals surface area contributed by atoms with Crippen LogP contribution in [0.3, 0.4) is 0 Å². The van der Waals surface area contributed by atoms with Crippen LogP contribution in [0, 0.1) is 12.7 Å². The van der Waals surface area contributed by atoms with E-state index in [0.29, 0.717) is 12.1 Å². The minimum Gasteiger partial charge on any atom is -0.350 e. The molecule has 1 fully saturated rings. The van der Waals surface area contributed by atoms with Crippen molar-refractivity contribution < 1.29 is 4.39 Å². The third-order valence-electron chi connectivity index (χ3n) is 5.16. The molecule has 0 unspecified atom stereocenters. The standard InChI is InChI=1S/C20H23FN4/c1-12-5-4-6-13(2)25(12)20-19-18(22-14(3)23-20)11-17(24-19)15-7-9-16(21)10-8-15/h7-13,24H,4-6H2,1-3H3/t12-,13+. The molecule has 1 aliphatic rings. The number of rotatable bonds is 2. The van der Waals surface area contributed by atoms with Crippen LogP contribution in [0.5, 0.6) is 0 Å². The number of anilines is 1. The predicted molar refractivity (Wildman–Crippen MR) is 99.3 cm³/mol.